The summed E-state index contributed by atoms with van der Waals surface area (Å²) in [5.74, 6) is -0.491. The quantitative estimate of drug-likeness (QED) is 0.860. The molecule has 0 spiro atoms. The second kappa shape index (κ2) is 4.79. The lowest BCUT2D eigenvalue weighted by atomic mass is 10.1. The van der Waals surface area contributed by atoms with Crippen LogP contribution in [0.25, 0.3) is 6.08 Å². The van der Waals surface area contributed by atoms with Gasteiger partial charge in [0, 0.05) is 16.5 Å². The predicted molar refractivity (Wildman–Crippen MR) is 77.5 cm³/mol. The molecule has 6 heteroatoms. The lowest BCUT2D eigenvalue weighted by Crippen LogP contribution is -2.11. The third kappa shape index (κ3) is 2.07. The van der Waals surface area contributed by atoms with E-state index in [-0.39, 0.29) is 5.78 Å². The molecule has 1 aliphatic heterocycles. The number of aromatic nitrogens is 1. The second-order valence-electron chi connectivity index (χ2n) is 3.66. The Balaban J connectivity index is 1.94. The number of carbonyl (C=O) groups is 1. The van der Waals surface area contributed by atoms with E-state index in [9.17, 15) is 4.79 Å². The summed E-state index contributed by atoms with van der Waals surface area (Å²) in [5, 5.41) is 12.8. The van der Waals surface area contributed by atoms with E-state index in [1.807, 2.05) is 29.0 Å². The molecule has 1 saturated heterocycles. The average Bonchev–Trinajstić information content (AvgIpc) is 3.03. The van der Waals surface area contributed by atoms with E-state index in [0.29, 0.717) is 15.0 Å². The molecular weight excluding hydrogens is 284 g/mol. The smallest absolute Gasteiger partial charge is 0.186 e. The van der Waals surface area contributed by atoms with Crippen molar-refractivity contribution in [2.45, 2.75) is 5.92 Å². The van der Waals surface area contributed by atoms with Crippen LogP contribution in [0.1, 0.15) is 15.8 Å². The lowest BCUT2D eigenvalue weighted by molar-refractivity contribution is -0.114. The fraction of sp³-hybridized carbons (Fsp3) is 0.0833. The summed E-state index contributed by atoms with van der Waals surface area (Å²) in [6.07, 6.45) is 3.53. The fourth-order valence-corrected chi connectivity index (χ4v) is 4.22. The summed E-state index contributed by atoms with van der Waals surface area (Å²) in [4.78, 5) is 18.1. The number of thiophene rings is 1. The highest BCUT2D eigenvalue weighted by Crippen LogP contribution is 2.41. The van der Waals surface area contributed by atoms with E-state index < -0.39 is 5.92 Å². The van der Waals surface area contributed by atoms with Gasteiger partial charge in [-0.15, -0.1) is 22.7 Å². The molecule has 1 fully saturated rings. The molecule has 18 heavy (non-hydrogen) atoms. The summed E-state index contributed by atoms with van der Waals surface area (Å²) in [7, 11) is 0. The van der Waals surface area contributed by atoms with Gasteiger partial charge in [-0.05, 0) is 17.5 Å². The minimum atomic E-state index is -0.485. The van der Waals surface area contributed by atoms with Crippen LogP contribution in [0.4, 0.5) is 0 Å². The van der Waals surface area contributed by atoms with Crippen LogP contribution in [-0.2, 0) is 4.79 Å². The summed E-state index contributed by atoms with van der Waals surface area (Å²) in [6.45, 7) is 0. The Hall–Kier alpha value is -1.24. The summed E-state index contributed by atoms with van der Waals surface area (Å²) in [6, 6.07) is 3.91. The highest BCUT2D eigenvalue weighted by molar-refractivity contribution is 8.19. The zero-order valence-corrected chi connectivity index (χ0v) is 11.6. The molecule has 1 aliphatic rings. The van der Waals surface area contributed by atoms with E-state index in [0.717, 1.165) is 4.88 Å². The number of Topliss-reactive ketones (excluding diaryl/α,β-unsaturated/α-hetero) is 1. The molecule has 3 heterocycles. The van der Waals surface area contributed by atoms with Crippen molar-refractivity contribution in [1.82, 2.24) is 4.98 Å². The number of thioether (sulfide) groups is 1. The largest absolute Gasteiger partial charge is 0.297 e. The van der Waals surface area contributed by atoms with Crippen molar-refractivity contribution < 1.29 is 4.79 Å². The van der Waals surface area contributed by atoms with Gasteiger partial charge >= 0.3 is 0 Å². The Morgan fingerprint density at radius 2 is 2.22 bits per heavy atom. The molecule has 2 aromatic heterocycles. The van der Waals surface area contributed by atoms with E-state index in [1.54, 1.807) is 17.5 Å². The monoisotopic (exact) mass is 292 g/mol. The molecule has 0 saturated carbocycles. The third-order valence-electron chi connectivity index (χ3n) is 2.50. The van der Waals surface area contributed by atoms with Crippen molar-refractivity contribution in [2.75, 3.05) is 0 Å². The first-order valence-electron chi connectivity index (χ1n) is 5.21. The molecule has 0 aliphatic carbocycles. The highest BCUT2D eigenvalue weighted by Gasteiger charge is 2.38. The first-order chi connectivity index (χ1) is 8.75. The SMILES string of the molecule is N=C1S/C(=C\c2cccs2)C(=O)[C@@H]1c1nccs1. The van der Waals surface area contributed by atoms with E-state index in [2.05, 4.69) is 4.98 Å². The first kappa shape index (κ1) is 11.8. The number of allylic oxidation sites excluding steroid dienone is 1. The van der Waals surface area contributed by atoms with Gasteiger partial charge in [0.05, 0.1) is 9.95 Å². The molecule has 1 N–H and O–H groups in total. The molecule has 3 nitrogen and oxygen atoms in total. The topological polar surface area (TPSA) is 53.8 Å². The van der Waals surface area contributed by atoms with E-state index in [1.165, 1.54) is 23.1 Å². The number of rotatable bonds is 2. The van der Waals surface area contributed by atoms with Crippen LogP contribution >= 0.6 is 34.4 Å². The Bertz CT molecular complexity index is 614. The van der Waals surface area contributed by atoms with Crippen LogP contribution in [0.3, 0.4) is 0 Å². The van der Waals surface area contributed by atoms with Crippen LogP contribution in [-0.4, -0.2) is 15.8 Å². The zero-order chi connectivity index (χ0) is 12.5. The van der Waals surface area contributed by atoms with Gasteiger partial charge in [-0.2, -0.15) is 0 Å². The predicted octanol–water partition coefficient (Wildman–Crippen LogP) is 3.62. The van der Waals surface area contributed by atoms with Gasteiger partial charge in [-0.25, -0.2) is 4.98 Å². The van der Waals surface area contributed by atoms with E-state index in [4.69, 9.17) is 5.41 Å². The lowest BCUT2D eigenvalue weighted by Gasteiger charge is -2.01. The van der Waals surface area contributed by atoms with Gasteiger partial charge < -0.3 is 0 Å². The van der Waals surface area contributed by atoms with Crippen molar-refractivity contribution in [3.63, 3.8) is 0 Å². The maximum absolute atomic E-state index is 12.3. The molecule has 0 radical (unpaired) electrons. The van der Waals surface area contributed by atoms with Gasteiger partial charge in [-0.1, -0.05) is 17.8 Å². The fourth-order valence-electron chi connectivity index (χ4n) is 1.69. The number of thiazole rings is 1. The zero-order valence-electron chi connectivity index (χ0n) is 9.12. The molecule has 1 atom stereocenters. The Labute approximate surface area is 116 Å². The number of nitrogens with zero attached hydrogens (tertiary/aromatic N) is 1. The summed E-state index contributed by atoms with van der Waals surface area (Å²) in [5.41, 5.74) is 0. The highest BCUT2D eigenvalue weighted by atomic mass is 32.2. The second-order valence-corrected chi connectivity index (χ2v) is 6.65. The van der Waals surface area contributed by atoms with Crippen LogP contribution in [0.15, 0.2) is 34.0 Å². The third-order valence-corrected chi connectivity index (χ3v) is 5.16. The minimum absolute atomic E-state index is 0.00616. The van der Waals surface area contributed by atoms with Crippen LogP contribution in [0.2, 0.25) is 0 Å². The van der Waals surface area contributed by atoms with Gasteiger partial charge in [0.1, 0.15) is 10.9 Å². The Morgan fingerprint density at radius 3 is 2.89 bits per heavy atom. The molecule has 3 rings (SSSR count). The Kier molecular flexibility index (Phi) is 3.15. The van der Waals surface area contributed by atoms with Crippen LogP contribution in [0.5, 0.6) is 0 Å². The molecule has 0 amide bonds. The van der Waals surface area contributed by atoms with Crippen molar-refractivity contribution in [3.8, 4) is 0 Å². The van der Waals surface area contributed by atoms with Gasteiger partial charge in [0.25, 0.3) is 0 Å². The van der Waals surface area contributed by atoms with Crippen molar-refractivity contribution >= 4 is 51.3 Å². The maximum Gasteiger partial charge on any atom is 0.186 e. The number of nitrogens with one attached hydrogen (secondary N) is 1. The number of carbonyl (C=O) groups excluding carboxylic acids is 1. The molecule has 90 valence electrons. The number of hydrogen-bond donors (Lipinski definition) is 1. The molecule has 2 aromatic rings. The van der Waals surface area contributed by atoms with Gasteiger partial charge in [0.2, 0.25) is 0 Å². The Morgan fingerprint density at radius 1 is 1.33 bits per heavy atom. The average molecular weight is 292 g/mol. The standard InChI is InChI=1S/C12H8N2OS3/c13-11-9(12-14-3-5-17-12)10(15)8(18-11)6-7-2-1-4-16-7/h1-6,9,13H/b8-6-,13-11?/t9-/m0/s1. The number of hydrogen-bond acceptors (Lipinski definition) is 6. The molecule has 0 aromatic carbocycles. The first-order valence-corrected chi connectivity index (χ1v) is 7.78. The van der Waals surface area contributed by atoms with Crippen molar-refractivity contribution in [1.29, 1.82) is 5.41 Å². The van der Waals surface area contributed by atoms with Crippen molar-refractivity contribution in [3.05, 3.63) is 43.9 Å². The number of ketones is 1. The molecule has 0 bridgehead atoms. The van der Waals surface area contributed by atoms with Gasteiger partial charge in [-0.3, -0.25) is 10.2 Å². The van der Waals surface area contributed by atoms with Crippen molar-refractivity contribution in [2.24, 2.45) is 0 Å². The maximum atomic E-state index is 12.3. The van der Waals surface area contributed by atoms with Crippen LogP contribution < -0.4 is 0 Å². The van der Waals surface area contributed by atoms with Crippen LogP contribution in [0, 0.1) is 5.41 Å². The van der Waals surface area contributed by atoms with E-state index >= 15 is 0 Å². The normalized spacial score (nSPS) is 22.0. The minimum Gasteiger partial charge on any atom is -0.297 e. The summed E-state index contributed by atoms with van der Waals surface area (Å²) >= 11 is 4.26. The van der Waals surface area contributed by atoms with Gasteiger partial charge in [0.15, 0.2) is 5.78 Å². The molecular formula is C12H8N2OS3. The molecule has 0 unspecified atom stereocenters. The summed E-state index contributed by atoms with van der Waals surface area (Å²) < 4.78 is 0.